The van der Waals surface area contributed by atoms with Crippen molar-refractivity contribution in [3.05, 3.63) is 52.8 Å². The van der Waals surface area contributed by atoms with Crippen LogP contribution in [0.15, 0.2) is 36.4 Å². The summed E-state index contributed by atoms with van der Waals surface area (Å²) in [4.78, 5) is 11.1. The molecular weight excluding hydrogens is 271 g/mol. The van der Waals surface area contributed by atoms with Gasteiger partial charge in [-0.05, 0) is 23.8 Å². The molecule has 5 heteroatoms. The number of benzene rings is 2. The minimum Gasteiger partial charge on any atom is -0.495 e. The van der Waals surface area contributed by atoms with Crippen LogP contribution in [0.3, 0.4) is 0 Å². The molecule has 0 atom stereocenters. The number of rotatable bonds is 3. The van der Waals surface area contributed by atoms with Gasteiger partial charge in [-0.15, -0.1) is 0 Å². The smallest absolute Gasteiger partial charge is 0.339 e. The van der Waals surface area contributed by atoms with Gasteiger partial charge in [0.1, 0.15) is 17.1 Å². The Morgan fingerprint density at radius 3 is 2.63 bits per heavy atom. The van der Waals surface area contributed by atoms with Crippen molar-refractivity contribution in [3.8, 4) is 16.9 Å². The average Bonchev–Trinajstić information content (AvgIpc) is 2.40. The minimum absolute atomic E-state index is 0.0275. The van der Waals surface area contributed by atoms with Crippen molar-refractivity contribution in [1.29, 1.82) is 0 Å². The molecule has 2 rings (SSSR count). The maximum absolute atomic E-state index is 13.1. The van der Waals surface area contributed by atoms with Crippen LogP contribution in [0.2, 0.25) is 5.02 Å². The Hall–Kier alpha value is -2.07. The van der Waals surface area contributed by atoms with Gasteiger partial charge in [0.15, 0.2) is 0 Å². The number of halogens is 2. The summed E-state index contributed by atoms with van der Waals surface area (Å²) in [5.74, 6) is -1.40. The van der Waals surface area contributed by atoms with Crippen molar-refractivity contribution < 1.29 is 19.0 Å². The third-order valence-electron chi connectivity index (χ3n) is 2.68. The predicted octanol–water partition coefficient (Wildman–Crippen LogP) is 3.85. The van der Waals surface area contributed by atoms with Crippen LogP contribution in [0, 0.1) is 5.82 Å². The van der Waals surface area contributed by atoms with Crippen molar-refractivity contribution in [1.82, 2.24) is 0 Å². The number of carbonyl (C=O) groups is 1. The molecule has 0 amide bonds. The van der Waals surface area contributed by atoms with Gasteiger partial charge in [-0.3, -0.25) is 0 Å². The highest BCUT2D eigenvalue weighted by molar-refractivity contribution is 6.31. The number of hydrogen-bond acceptors (Lipinski definition) is 2. The highest BCUT2D eigenvalue weighted by Crippen LogP contribution is 2.34. The second kappa shape index (κ2) is 5.28. The fourth-order valence-electron chi connectivity index (χ4n) is 1.82. The molecule has 0 heterocycles. The fraction of sp³-hybridized carbons (Fsp3) is 0.0714. The second-order valence-electron chi connectivity index (χ2n) is 3.82. The van der Waals surface area contributed by atoms with E-state index in [0.717, 1.165) is 0 Å². The van der Waals surface area contributed by atoms with Crippen molar-refractivity contribution >= 4 is 17.6 Å². The summed E-state index contributed by atoms with van der Waals surface area (Å²) in [6.07, 6.45) is 0. The zero-order valence-corrected chi connectivity index (χ0v) is 10.7. The first-order valence-corrected chi connectivity index (χ1v) is 5.78. The molecule has 98 valence electrons. The lowest BCUT2D eigenvalue weighted by atomic mass is 10.0. The number of carboxylic acids is 1. The van der Waals surface area contributed by atoms with Crippen LogP contribution in [0.1, 0.15) is 10.4 Å². The van der Waals surface area contributed by atoms with E-state index in [1.807, 2.05) is 0 Å². The van der Waals surface area contributed by atoms with Crippen LogP contribution in [0.4, 0.5) is 4.39 Å². The van der Waals surface area contributed by atoms with E-state index in [0.29, 0.717) is 11.1 Å². The molecule has 19 heavy (non-hydrogen) atoms. The standard InChI is InChI=1S/C14H10ClFO3/c1-19-13-9(3-2-4-10(13)14(17)18)8-5-6-12(16)11(15)7-8/h2-7H,1H3,(H,17,18). The summed E-state index contributed by atoms with van der Waals surface area (Å²) in [7, 11) is 1.39. The van der Waals surface area contributed by atoms with E-state index in [2.05, 4.69) is 0 Å². The lowest BCUT2D eigenvalue weighted by Gasteiger charge is -2.11. The lowest BCUT2D eigenvalue weighted by molar-refractivity contribution is 0.0693. The molecule has 0 aliphatic heterocycles. The third-order valence-corrected chi connectivity index (χ3v) is 2.97. The van der Waals surface area contributed by atoms with Gasteiger partial charge in [0, 0.05) is 5.56 Å². The average molecular weight is 281 g/mol. The molecule has 0 radical (unpaired) electrons. The Balaban J connectivity index is 2.64. The monoisotopic (exact) mass is 280 g/mol. The Morgan fingerprint density at radius 2 is 2.05 bits per heavy atom. The highest BCUT2D eigenvalue weighted by atomic mass is 35.5. The molecule has 2 aromatic rings. The summed E-state index contributed by atoms with van der Waals surface area (Å²) >= 11 is 5.73. The predicted molar refractivity (Wildman–Crippen MR) is 70.4 cm³/mol. The zero-order valence-electron chi connectivity index (χ0n) is 9.98. The van der Waals surface area contributed by atoms with Crippen molar-refractivity contribution in [2.75, 3.05) is 7.11 Å². The lowest BCUT2D eigenvalue weighted by Crippen LogP contribution is -2.01. The van der Waals surface area contributed by atoms with E-state index in [4.69, 9.17) is 21.4 Å². The molecule has 0 bridgehead atoms. The molecule has 0 spiro atoms. The molecule has 0 aliphatic rings. The normalized spacial score (nSPS) is 10.3. The van der Waals surface area contributed by atoms with Crippen LogP contribution >= 0.6 is 11.6 Å². The van der Waals surface area contributed by atoms with Crippen molar-refractivity contribution in [2.24, 2.45) is 0 Å². The number of carboxylic acid groups (broad SMARTS) is 1. The maximum Gasteiger partial charge on any atom is 0.339 e. The topological polar surface area (TPSA) is 46.5 Å². The van der Waals surface area contributed by atoms with Gasteiger partial charge in [-0.25, -0.2) is 9.18 Å². The van der Waals surface area contributed by atoms with Gasteiger partial charge in [0.25, 0.3) is 0 Å². The van der Waals surface area contributed by atoms with E-state index >= 15 is 0 Å². The molecule has 3 nitrogen and oxygen atoms in total. The number of hydrogen-bond donors (Lipinski definition) is 1. The summed E-state index contributed by atoms with van der Waals surface area (Å²) in [5.41, 5.74) is 1.18. The van der Waals surface area contributed by atoms with Gasteiger partial charge in [-0.2, -0.15) is 0 Å². The maximum atomic E-state index is 13.1. The molecule has 0 saturated heterocycles. The Bertz CT molecular complexity index is 641. The van der Waals surface area contributed by atoms with E-state index in [-0.39, 0.29) is 16.3 Å². The van der Waals surface area contributed by atoms with Crippen LogP contribution < -0.4 is 4.74 Å². The Morgan fingerprint density at radius 1 is 1.32 bits per heavy atom. The van der Waals surface area contributed by atoms with Gasteiger partial charge in [0.05, 0.1) is 12.1 Å². The molecule has 0 unspecified atom stereocenters. The van der Waals surface area contributed by atoms with Crippen LogP contribution in [-0.4, -0.2) is 18.2 Å². The van der Waals surface area contributed by atoms with Gasteiger partial charge in [0.2, 0.25) is 0 Å². The highest BCUT2D eigenvalue weighted by Gasteiger charge is 2.16. The largest absolute Gasteiger partial charge is 0.495 e. The third kappa shape index (κ3) is 2.53. The molecule has 0 saturated carbocycles. The van der Waals surface area contributed by atoms with Gasteiger partial charge >= 0.3 is 5.97 Å². The van der Waals surface area contributed by atoms with Crippen LogP contribution in [-0.2, 0) is 0 Å². The summed E-state index contributed by atoms with van der Waals surface area (Å²) < 4.78 is 18.3. The van der Waals surface area contributed by atoms with Crippen molar-refractivity contribution in [3.63, 3.8) is 0 Å². The van der Waals surface area contributed by atoms with Gasteiger partial charge < -0.3 is 9.84 Å². The first kappa shape index (κ1) is 13.4. The van der Waals surface area contributed by atoms with Crippen LogP contribution in [0.25, 0.3) is 11.1 Å². The minimum atomic E-state index is -1.09. The molecule has 0 fully saturated rings. The number of aromatic carboxylic acids is 1. The molecule has 1 N–H and O–H groups in total. The molecule has 0 aliphatic carbocycles. The summed E-state index contributed by atoms with van der Waals surface area (Å²) in [5, 5.41) is 9.07. The van der Waals surface area contributed by atoms with E-state index in [1.54, 1.807) is 12.1 Å². The summed E-state index contributed by atoms with van der Waals surface area (Å²) in [6, 6.07) is 8.90. The zero-order chi connectivity index (χ0) is 14.0. The number of methoxy groups -OCH3 is 1. The van der Waals surface area contributed by atoms with E-state index < -0.39 is 11.8 Å². The first-order valence-electron chi connectivity index (χ1n) is 5.40. The molecule has 0 aromatic heterocycles. The Labute approximate surface area is 114 Å². The quantitative estimate of drug-likeness (QED) is 0.929. The van der Waals surface area contributed by atoms with E-state index in [9.17, 15) is 9.18 Å². The number of para-hydroxylation sites is 1. The Kier molecular flexibility index (Phi) is 3.71. The first-order chi connectivity index (χ1) is 9.04. The molecular formula is C14H10ClFO3. The fourth-order valence-corrected chi connectivity index (χ4v) is 2.00. The molecule has 2 aromatic carbocycles. The van der Waals surface area contributed by atoms with Crippen molar-refractivity contribution in [2.45, 2.75) is 0 Å². The SMILES string of the molecule is COc1c(C(=O)O)cccc1-c1ccc(F)c(Cl)c1. The summed E-state index contributed by atoms with van der Waals surface area (Å²) in [6.45, 7) is 0. The van der Waals surface area contributed by atoms with Crippen LogP contribution in [0.5, 0.6) is 5.75 Å². The van der Waals surface area contributed by atoms with E-state index in [1.165, 1.54) is 31.4 Å². The second-order valence-corrected chi connectivity index (χ2v) is 4.23. The number of ether oxygens (including phenoxy) is 1. The van der Waals surface area contributed by atoms with Gasteiger partial charge in [-0.1, -0.05) is 29.8 Å².